The summed E-state index contributed by atoms with van der Waals surface area (Å²) in [6.45, 7) is 6.71. The Labute approximate surface area is 143 Å². The van der Waals surface area contributed by atoms with Gasteiger partial charge in [-0.3, -0.25) is 4.79 Å². The molecular weight excluding hydrogens is 312 g/mol. The number of furan rings is 1. The Bertz CT molecular complexity index is 708. The van der Waals surface area contributed by atoms with Crippen molar-refractivity contribution >= 4 is 29.3 Å². The second-order valence-corrected chi connectivity index (χ2v) is 6.43. The molecule has 2 heterocycles. The molecule has 0 aliphatic carbocycles. The summed E-state index contributed by atoms with van der Waals surface area (Å²) in [7, 11) is 0. The smallest absolute Gasteiger partial charge is 0.290 e. The number of rotatable bonds is 2. The Kier molecular flexibility index (Phi) is 5.37. The third-order valence-corrected chi connectivity index (χ3v) is 4.77. The molecule has 1 aromatic heterocycles. The molecule has 1 saturated heterocycles. The second kappa shape index (κ2) is 6.93. The highest BCUT2D eigenvalue weighted by atomic mass is 35.5. The van der Waals surface area contributed by atoms with Crippen LogP contribution in [0.2, 0.25) is 0 Å². The van der Waals surface area contributed by atoms with Gasteiger partial charge in [-0.1, -0.05) is 18.2 Å². The van der Waals surface area contributed by atoms with Gasteiger partial charge in [-0.15, -0.1) is 12.4 Å². The highest BCUT2D eigenvalue weighted by Gasteiger charge is 2.32. The van der Waals surface area contributed by atoms with Crippen LogP contribution in [0.15, 0.2) is 22.6 Å². The van der Waals surface area contributed by atoms with Crippen molar-refractivity contribution in [2.45, 2.75) is 52.1 Å². The van der Waals surface area contributed by atoms with Crippen LogP contribution in [-0.4, -0.2) is 29.4 Å². The van der Waals surface area contributed by atoms with Crippen LogP contribution in [0.25, 0.3) is 11.0 Å². The van der Waals surface area contributed by atoms with E-state index in [-0.39, 0.29) is 30.4 Å². The van der Waals surface area contributed by atoms with Crippen molar-refractivity contribution in [2.75, 3.05) is 6.54 Å². The summed E-state index contributed by atoms with van der Waals surface area (Å²) >= 11 is 0. The molecule has 1 aromatic carbocycles. The molecule has 0 spiro atoms. The monoisotopic (exact) mass is 336 g/mol. The van der Waals surface area contributed by atoms with Crippen molar-refractivity contribution < 1.29 is 9.21 Å². The number of carbonyl (C=O) groups is 1. The molecule has 1 amide bonds. The first-order chi connectivity index (χ1) is 10.5. The van der Waals surface area contributed by atoms with E-state index in [1.165, 1.54) is 0 Å². The summed E-state index contributed by atoms with van der Waals surface area (Å²) < 4.78 is 5.94. The van der Waals surface area contributed by atoms with E-state index in [4.69, 9.17) is 10.2 Å². The Morgan fingerprint density at radius 2 is 2.09 bits per heavy atom. The van der Waals surface area contributed by atoms with Crippen molar-refractivity contribution in [1.29, 1.82) is 0 Å². The Morgan fingerprint density at radius 1 is 1.35 bits per heavy atom. The average Bonchev–Trinajstić information content (AvgIpc) is 2.85. The minimum absolute atomic E-state index is 0. The van der Waals surface area contributed by atoms with Crippen molar-refractivity contribution in [2.24, 2.45) is 5.73 Å². The largest absolute Gasteiger partial charge is 0.450 e. The molecule has 2 N–H and O–H groups in total. The van der Waals surface area contributed by atoms with Crippen molar-refractivity contribution in [3.63, 3.8) is 0 Å². The Balaban J connectivity index is 0.00000192. The first kappa shape index (κ1) is 17.8. The number of para-hydroxylation sites is 1. The Morgan fingerprint density at radius 3 is 2.74 bits per heavy atom. The van der Waals surface area contributed by atoms with Gasteiger partial charge in [0.15, 0.2) is 5.76 Å². The summed E-state index contributed by atoms with van der Waals surface area (Å²) in [4.78, 5) is 14.9. The standard InChI is InChI=1S/C18H24N2O2.ClH/c1-11-7-6-8-14-12(2)17(22-16(11)14)18(21)20-10-5-4-9-15(20)13(3)19;/h6-8,13,15H,4-5,9-10,19H2,1-3H3;1H. The van der Waals surface area contributed by atoms with Crippen LogP contribution in [0.3, 0.4) is 0 Å². The lowest BCUT2D eigenvalue weighted by atomic mass is 9.96. The van der Waals surface area contributed by atoms with Gasteiger partial charge in [-0.25, -0.2) is 0 Å². The van der Waals surface area contributed by atoms with Gasteiger partial charge in [0.1, 0.15) is 5.58 Å². The van der Waals surface area contributed by atoms with E-state index < -0.39 is 0 Å². The molecular formula is C18H25ClN2O2. The van der Waals surface area contributed by atoms with Gasteiger partial charge >= 0.3 is 0 Å². The third kappa shape index (κ3) is 3.10. The molecule has 1 aliphatic rings. The summed E-state index contributed by atoms with van der Waals surface area (Å²) in [6, 6.07) is 6.10. The summed E-state index contributed by atoms with van der Waals surface area (Å²) in [5.41, 5.74) is 8.89. The molecule has 1 aliphatic heterocycles. The molecule has 0 bridgehead atoms. The second-order valence-electron chi connectivity index (χ2n) is 6.43. The van der Waals surface area contributed by atoms with Crippen molar-refractivity contribution in [1.82, 2.24) is 4.90 Å². The number of likely N-dealkylation sites (tertiary alicyclic amines) is 1. The minimum atomic E-state index is -0.0184. The van der Waals surface area contributed by atoms with Gasteiger partial charge in [-0.2, -0.15) is 0 Å². The number of amides is 1. The molecule has 1 fully saturated rings. The number of halogens is 1. The van der Waals surface area contributed by atoms with Gasteiger partial charge in [0.25, 0.3) is 5.91 Å². The van der Waals surface area contributed by atoms with E-state index in [1.54, 1.807) is 0 Å². The summed E-state index contributed by atoms with van der Waals surface area (Å²) in [6.07, 6.45) is 3.14. The highest BCUT2D eigenvalue weighted by molar-refractivity contribution is 5.99. The van der Waals surface area contributed by atoms with Crippen LogP contribution < -0.4 is 5.73 Å². The maximum Gasteiger partial charge on any atom is 0.290 e. The number of carbonyl (C=O) groups excluding carboxylic acids is 1. The van der Waals surface area contributed by atoms with Crippen LogP contribution in [0.4, 0.5) is 0 Å². The van der Waals surface area contributed by atoms with Crippen molar-refractivity contribution in [3.8, 4) is 0 Å². The zero-order chi connectivity index (χ0) is 15.9. The maximum atomic E-state index is 13.0. The van der Waals surface area contributed by atoms with Gasteiger partial charge in [0, 0.05) is 29.6 Å². The average molecular weight is 337 g/mol. The SMILES string of the molecule is Cc1c(C(=O)N2CCCCC2C(C)N)oc2c(C)cccc12.Cl. The fourth-order valence-corrected chi connectivity index (χ4v) is 3.47. The summed E-state index contributed by atoms with van der Waals surface area (Å²) in [5.74, 6) is 0.451. The third-order valence-electron chi connectivity index (χ3n) is 4.77. The van der Waals surface area contributed by atoms with Gasteiger partial charge in [-0.05, 0) is 45.6 Å². The van der Waals surface area contributed by atoms with E-state index in [2.05, 4.69) is 0 Å². The van der Waals surface area contributed by atoms with E-state index in [0.29, 0.717) is 5.76 Å². The molecule has 3 rings (SSSR count). The lowest BCUT2D eigenvalue weighted by Gasteiger charge is -2.37. The first-order valence-electron chi connectivity index (χ1n) is 8.06. The molecule has 2 aromatic rings. The maximum absolute atomic E-state index is 13.0. The molecule has 0 radical (unpaired) electrons. The number of fused-ring (bicyclic) bond motifs is 1. The molecule has 2 unspecified atom stereocenters. The van der Waals surface area contributed by atoms with Gasteiger partial charge < -0.3 is 15.1 Å². The number of hydrogen-bond donors (Lipinski definition) is 1. The van der Waals surface area contributed by atoms with Crippen LogP contribution in [0.5, 0.6) is 0 Å². The zero-order valence-corrected chi connectivity index (χ0v) is 14.8. The molecule has 4 nitrogen and oxygen atoms in total. The fraction of sp³-hybridized carbons (Fsp3) is 0.500. The predicted octanol–water partition coefficient (Wildman–Crippen LogP) is 3.81. The number of benzene rings is 1. The van der Waals surface area contributed by atoms with Crippen LogP contribution in [-0.2, 0) is 0 Å². The quantitative estimate of drug-likeness (QED) is 0.907. The van der Waals surface area contributed by atoms with Gasteiger partial charge in [0.05, 0.1) is 0 Å². The normalized spacial score (nSPS) is 19.5. The van der Waals surface area contributed by atoms with Gasteiger partial charge in [0.2, 0.25) is 0 Å². The number of piperidine rings is 1. The van der Waals surface area contributed by atoms with Crippen LogP contribution in [0.1, 0.15) is 47.9 Å². The Hall–Kier alpha value is -1.52. The lowest BCUT2D eigenvalue weighted by molar-refractivity contribution is 0.0553. The number of hydrogen-bond acceptors (Lipinski definition) is 3. The summed E-state index contributed by atoms with van der Waals surface area (Å²) in [5, 5.41) is 1.03. The molecule has 0 saturated carbocycles. The molecule has 5 heteroatoms. The highest BCUT2D eigenvalue weighted by Crippen LogP contribution is 2.30. The molecule has 23 heavy (non-hydrogen) atoms. The number of aryl methyl sites for hydroxylation is 2. The molecule has 2 atom stereocenters. The minimum Gasteiger partial charge on any atom is -0.450 e. The fourth-order valence-electron chi connectivity index (χ4n) is 3.47. The molecule has 126 valence electrons. The predicted molar refractivity (Wildman–Crippen MR) is 95.3 cm³/mol. The van der Waals surface area contributed by atoms with E-state index >= 15 is 0 Å². The van der Waals surface area contributed by atoms with Crippen LogP contribution in [0, 0.1) is 13.8 Å². The topological polar surface area (TPSA) is 59.5 Å². The first-order valence-corrected chi connectivity index (χ1v) is 8.06. The van der Waals surface area contributed by atoms with Crippen LogP contribution >= 0.6 is 12.4 Å². The van der Waals surface area contributed by atoms with E-state index in [0.717, 1.165) is 47.9 Å². The number of nitrogens with zero attached hydrogens (tertiary/aromatic N) is 1. The van der Waals surface area contributed by atoms with Crippen molar-refractivity contribution in [3.05, 3.63) is 35.1 Å². The van der Waals surface area contributed by atoms with E-state index in [1.807, 2.05) is 43.9 Å². The lowest BCUT2D eigenvalue weighted by Crippen LogP contribution is -2.51. The zero-order valence-electron chi connectivity index (χ0n) is 14.0. The number of nitrogens with two attached hydrogens (primary N) is 1. The van der Waals surface area contributed by atoms with E-state index in [9.17, 15) is 4.79 Å².